The summed E-state index contributed by atoms with van der Waals surface area (Å²) >= 11 is 5.91. The van der Waals surface area contributed by atoms with Gasteiger partial charge >= 0.3 is 0 Å². The van der Waals surface area contributed by atoms with Crippen molar-refractivity contribution in [2.45, 2.75) is 19.5 Å². The highest BCUT2D eigenvalue weighted by Gasteiger charge is 2.29. The van der Waals surface area contributed by atoms with Crippen LogP contribution in [0.3, 0.4) is 0 Å². The van der Waals surface area contributed by atoms with Crippen LogP contribution >= 0.6 is 11.6 Å². The van der Waals surface area contributed by atoms with Gasteiger partial charge in [0.15, 0.2) is 0 Å². The van der Waals surface area contributed by atoms with Crippen LogP contribution in [0.2, 0.25) is 5.02 Å². The Hall–Kier alpha value is -2.64. The molecule has 1 saturated heterocycles. The van der Waals surface area contributed by atoms with Gasteiger partial charge in [-0.05, 0) is 24.6 Å². The van der Waals surface area contributed by atoms with Crippen LogP contribution in [0.4, 0.5) is 11.4 Å². The Labute approximate surface area is 175 Å². The lowest BCUT2D eigenvalue weighted by atomic mass is 10.1. The lowest BCUT2D eigenvalue weighted by Crippen LogP contribution is -2.54. The van der Waals surface area contributed by atoms with Crippen LogP contribution in [0, 0.1) is 10.1 Å². The van der Waals surface area contributed by atoms with Crippen LogP contribution in [-0.4, -0.2) is 59.9 Å². The Balaban J connectivity index is 1.60. The van der Waals surface area contributed by atoms with Crippen molar-refractivity contribution in [1.29, 1.82) is 0 Å². The highest BCUT2D eigenvalue weighted by Crippen LogP contribution is 2.31. The number of carbonyl (C=O) groups excluding carboxylic acids is 1. The monoisotopic (exact) mass is 416 g/mol. The van der Waals surface area contributed by atoms with Gasteiger partial charge in [0.05, 0.1) is 11.0 Å². The number of amides is 1. The number of benzene rings is 2. The minimum absolute atomic E-state index is 0.0117. The summed E-state index contributed by atoms with van der Waals surface area (Å²) in [7, 11) is 1.82. The molecule has 1 fully saturated rings. The first-order valence-corrected chi connectivity index (χ1v) is 9.96. The SMILES string of the molecule is C[C@H](C(=O)N(C)Cc1ccccc1)N1CCN(c2ccc(Cl)cc2[N+](=O)[O-])CC1. The number of anilines is 1. The summed E-state index contributed by atoms with van der Waals surface area (Å²) in [5.74, 6) is 0.0692. The highest BCUT2D eigenvalue weighted by molar-refractivity contribution is 6.30. The van der Waals surface area contributed by atoms with Gasteiger partial charge in [0.25, 0.3) is 5.69 Å². The zero-order valence-corrected chi connectivity index (χ0v) is 17.4. The maximum Gasteiger partial charge on any atom is 0.294 e. The second-order valence-corrected chi connectivity index (χ2v) is 7.71. The Morgan fingerprint density at radius 3 is 2.45 bits per heavy atom. The molecule has 1 atom stereocenters. The molecule has 0 unspecified atom stereocenters. The Kier molecular flexibility index (Phi) is 6.71. The minimum atomic E-state index is -0.404. The predicted octanol–water partition coefficient (Wildman–Crippen LogP) is 3.42. The number of nitro groups is 1. The quantitative estimate of drug-likeness (QED) is 0.533. The van der Waals surface area contributed by atoms with Gasteiger partial charge in [-0.2, -0.15) is 0 Å². The van der Waals surface area contributed by atoms with E-state index in [2.05, 4.69) is 4.90 Å². The van der Waals surface area contributed by atoms with Crippen LogP contribution in [0.25, 0.3) is 0 Å². The molecule has 7 nitrogen and oxygen atoms in total. The largest absolute Gasteiger partial charge is 0.363 e. The third-order valence-corrected chi connectivity index (χ3v) is 5.57. The highest BCUT2D eigenvalue weighted by atomic mass is 35.5. The maximum absolute atomic E-state index is 12.8. The van der Waals surface area contributed by atoms with Gasteiger partial charge in [-0.15, -0.1) is 0 Å². The van der Waals surface area contributed by atoms with Gasteiger partial charge in [0, 0.05) is 50.9 Å². The van der Waals surface area contributed by atoms with E-state index in [1.165, 1.54) is 6.07 Å². The minimum Gasteiger partial charge on any atom is -0.363 e. The topological polar surface area (TPSA) is 69.9 Å². The molecule has 1 heterocycles. The molecule has 29 heavy (non-hydrogen) atoms. The van der Waals surface area contributed by atoms with E-state index in [1.54, 1.807) is 17.0 Å². The smallest absolute Gasteiger partial charge is 0.294 e. The molecule has 0 radical (unpaired) electrons. The molecule has 0 aliphatic carbocycles. The van der Waals surface area contributed by atoms with Gasteiger partial charge in [-0.25, -0.2) is 0 Å². The first-order valence-electron chi connectivity index (χ1n) is 9.58. The third-order valence-electron chi connectivity index (χ3n) is 5.33. The summed E-state index contributed by atoms with van der Waals surface area (Å²) < 4.78 is 0. The van der Waals surface area contributed by atoms with Crippen molar-refractivity contribution in [3.05, 3.63) is 69.2 Å². The van der Waals surface area contributed by atoms with E-state index in [-0.39, 0.29) is 17.6 Å². The fourth-order valence-corrected chi connectivity index (χ4v) is 3.84. The van der Waals surface area contributed by atoms with E-state index >= 15 is 0 Å². The van der Waals surface area contributed by atoms with Crippen molar-refractivity contribution in [3.8, 4) is 0 Å². The Bertz CT molecular complexity index is 869. The van der Waals surface area contributed by atoms with Gasteiger partial charge in [0.2, 0.25) is 5.91 Å². The molecule has 0 N–H and O–H groups in total. The summed E-state index contributed by atoms with van der Waals surface area (Å²) in [5, 5.41) is 11.7. The molecule has 0 aromatic heterocycles. The zero-order chi connectivity index (χ0) is 21.0. The van der Waals surface area contributed by atoms with E-state index in [0.717, 1.165) is 5.56 Å². The van der Waals surface area contributed by atoms with Crippen LogP contribution < -0.4 is 4.90 Å². The molecule has 8 heteroatoms. The standard InChI is InChI=1S/C21H25ClN4O3/c1-16(21(27)23(2)15-17-6-4-3-5-7-17)24-10-12-25(13-11-24)19-9-8-18(22)14-20(19)26(28)29/h3-9,14,16H,10-13,15H2,1-2H3/t16-/m1/s1. The molecule has 2 aromatic carbocycles. The van der Waals surface area contributed by atoms with Crippen molar-refractivity contribution < 1.29 is 9.72 Å². The molecular weight excluding hydrogens is 392 g/mol. The molecular formula is C21H25ClN4O3. The van der Waals surface area contributed by atoms with Gasteiger partial charge in [0.1, 0.15) is 5.69 Å². The van der Waals surface area contributed by atoms with Crippen molar-refractivity contribution in [2.24, 2.45) is 0 Å². The number of hydrogen-bond acceptors (Lipinski definition) is 5. The molecule has 1 amide bonds. The number of rotatable bonds is 6. The van der Waals surface area contributed by atoms with Crippen LogP contribution in [0.1, 0.15) is 12.5 Å². The molecule has 154 valence electrons. The number of halogens is 1. The lowest BCUT2D eigenvalue weighted by Gasteiger charge is -2.39. The summed E-state index contributed by atoms with van der Waals surface area (Å²) in [6.45, 7) is 5.04. The van der Waals surface area contributed by atoms with Crippen LogP contribution in [0.15, 0.2) is 48.5 Å². The van der Waals surface area contributed by atoms with E-state index in [1.807, 2.05) is 49.2 Å². The third kappa shape index (κ3) is 5.05. The van der Waals surface area contributed by atoms with Crippen molar-refractivity contribution >= 4 is 28.9 Å². The predicted molar refractivity (Wildman–Crippen MR) is 114 cm³/mol. The van der Waals surface area contributed by atoms with Crippen LogP contribution in [-0.2, 0) is 11.3 Å². The summed E-state index contributed by atoms with van der Waals surface area (Å²) in [6, 6.07) is 14.4. The van der Waals surface area contributed by atoms with Crippen LogP contribution in [0.5, 0.6) is 0 Å². The Morgan fingerprint density at radius 1 is 1.17 bits per heavy atom. The Morgan fingerprint density at radius 2 is 1.83 bits per heavy atom. The van der Waals surface area contributed by atoms with Gasteiger partial charge < -0.3 is 9.80 Å². The molecule has 0 saturated carbocycles. The summed E-state index contributed by atoms with van der Waals surface area (Å²) in [4.78, 5) is 29.7. The van der Waals surface area contributed by atoms with Crippen molar-refractivity contribution in [3.63, 3.8) is 0 Å². The van der Waals surface area contributed by atoms with E-state index < -0.39 is 4.92 Å². The zero-order valence-electron chi connectivity index (χ0n) is 16.6. The van der Waals surface area contributed by atoms with Gasteiger partial charge in [-0.1, -0.05) is 41.9 Å². The number of nitro benzene ring substituents is 1. The van der Waals surface area contributed by atoms with Gasteiger partial charge in [-0.3, -0.25) is 19.8 Å². The second kappa shape index (κ2) is 9.24. The average molecular weight is 417 g/mol. The molecule has 1 aliphatic heterocycles. The first-order chi connectivity index (χ1) is 13.9. The molecule has 0 spiro atoms. The number of likely N-dealkylation sites (N-methyl/N-ethyl adjacent to an activating group) is 1. The molecule has 1 aliphatic rings. The number of nitrogens with zero attached hydrogens (tertiary/aromatic N) is 4. The fourth-order valence-electron chi connectivity index (χ4n) is 3.67. The number of hydrogen-bond donors (Lipinski definition) is 0. The first kappa shape index (κ1) is 21.1. The van der Waals surface area contributed by atoms with Crippen molar-refractivity contribution in [1.82, 2.24) is 9.80 Å². The van der Waals surface area contributed by atoms with E-state index in [4.69, 9.17) is 11.6 Å². The lowest BCUT2D eigenvalue weighted by molar-refractivity contribution is -0.384. The fraction of sp³-hybridized carbons (Fsp3) is 0.381. The average Bonchev–Trinajstić information content (AvgIpc) is 2.73. The maximum atomic E-state index is 12.8. The second-order valence-electron chi connectivity index (χ2n) is 7.27. The van der Waals surface area contributed by atoms with E-state index in [0.29, 0.717) is 43.4 Å². The number of carbonyl (C=O) groups is 1. The van der Waals surface area contributed by atoms with Crippen molar-refractivity contribution in [2.75, 3.05) is 38.1 Å². The van der Waals surface area contributed by atoms with E-state index in [9.17, 15) is 14.9 Å². The molecule has 0 bridgehead atoms. The molecule has 2 aromatic rings. The molecule has 3 rings (SSSR count). The summed E-state index contributed by atoms with van der Waals surface area (Å²) in [6.07, 6.45) is 0. The summed E-state index contributed by atoms with van der Waals surface area (Å²) in [5.41, 5.74) is 1.67. The number of piperazine rings is 1. The normalized spacial score (nSPS) is 15.8.